The Morgan fingerprint density at radius 3 is 2.44 bits per heavy atom. The van der Waals surface area contributed by atoms with Gasteiger partial charge in [0.15, 0.2) is 0 Å². The van der Waals surface area contributed by atoms with E-state index in [1.165, 1.54) is 24.9 Å². The molecule has 0 aliphatic heterocycles. The highest BCUT2D eigenvalue weighted by Crippen LogP contribution is 2.22. The highest BCUT2D eigenvalue weighted by molar-refractivity contribution is 9.09. The van der Waals surface area contributed by atoms with Crippen molar-refractivity contribution in [3.05, 3.63) is 34.9 Å². The van der Waals surface area contributed by atoms with E-state index in [9.17, 15) is 13.6 Å². The topological polar surface area (TPSA) is 20.3 Å². The van der Waals surface area contributed by atoms with Gasteiger partial charge in [0, 0.05) is 17.9 Å². The molecular formula is C13H16BrF2NO. The number of halogens is 3. The van der Waals surface area contributed by atoms with E-state index in [1.807, 2.05) is 13.8 Å². The molecule has 1 aromatic carbocycles. The van der Waals surface area contributed by atoms with Gasteiger partial charge >= 0.3 is 0 Å². The summed E-state index contributed by atoms with van der Waals surface area (Å²) < 4.78 is 27.5. The lowest BCUT2D eigenvalue weighted by molar-refractivity contribution is 0.0653. The Hall–Kier alpha value is -0.970. The molecule has 0 saturated carbocycles. The molecule has 0 spiro atoms. The fourth-order valence-corrected chi connectivity index (χ4v) is 1.76. The van der Waals surface area contributed by atoms with E-state index in [4.69, 9.17) is 0 Å². The predicted molar refractivity (Wildman–Crippen MR) is 71.1 cm³/mol. The first kappa shape index (κ1) is 15.1. The van der Waals surface area contributed by atoms with Gasteiger partial charge in [-0.3, -0.25) is 4.79 Å². The van der Waals surface area contributed by atoms with Crippen molar-refractivity contribution in [1.82, 2.24) is 4.90 Å². The average Bonchev–Trinajstić information content (AvgIpc) is 2.33. The number of hydrogen-bond acceptors (Lipinski definition) is 1. The van der Waals surface area contributed by atoms with Gasteiger partial charge in [-0.1, -0.05) is 22.0 Å². The zero-order valence-corrected chi connectivity index (χ0v) is 12.4. The summed E-state index contributed by atoms with van der Waals surface area (Å²) in [7, 11) is 1.53. The monoisotopic (exact) mass is 319 g/mol. The molecule has 0 bridgehead atoms. The quantitative estimate of drug-likeness (QED) is 0.781. The fourth-order valence-electron chi connectivity index (χ4n) is 1.38. The maximum Gasteiger partial charge on any atom is 0.260 e. The summed E-state index contributed by atoms with van der Waals surface area (Å²) in [5.74, 6) is -2.28. The molecule has 0 aromatic heterocycles. The molecule has 0 saturated heterocycles. The van der Waals surface area contributed by atoms with Gasteiger partial charge in [-0.15, -0.1) is 0 Å². The second kappa shape index (κ2) is 5.34. The van der Waals surface area contributed by atoms with E-state index in [2.05, 4.69) is 15.9 Å². The molecule has 0 aliphatic rings. The van der Waals surface area contributed by atoms with E-state index in [0.717, 1.165) is 6.07 Å². The van der Waals surface area contributed by atoms with Crippen LogP contribution in [0, 0.1) is 18.6 Å². The Morgan fingerprint density at radius 1 is 1.39 bits per heavy atom. The maximum absolute atomic E-state index is 13.9. The van der Waals surface area contributed by atoms with Crippen molar-refractivity contribution < 1.29 is 13.6 Å². The molecule has 0 fully saturated rings. The fraction of sp³-hybridized carbons (Fsp3) is 0.462. The van der Waals surface area contributed by atoms with Gasteiger partial charge in [-0.25, -0.2) is 8.78 Å². The minimum atomic E-state index is -0.833. The molecule has 0 N–H and O–H groups in total. The first-order valence-corrected chi connectivity index (χ1v) is 6.63. The molecule has 0 atom stereocenters. The SMILES string of the molecule is Cc1ccc(F)c(C(=O)N(C)C(C)(C)CBr)c1F. The van der Waals surface area contributed by atoms with Gasteiger partial charge in [-0.2, -0.15) is 0 Å². The van der Waals surface area contributed by atoms with Crippen LogP contribution in [0.1, 0.15) is 29.8 Å². The molecule has 0 radical (unpaired) electrons. The molecule has 0 heterocycles. The number of hydrogen-bond donors (Lipinski definition) is 0. The van der Waals surface area contributed by atoms with Crippen molar-refractivity contribution >= 4 is 21.8 Å². The van der Waals surface area contributed by atoms with Crippen LogP contribution in [0.15, 0.2) is 12.1 Å². The molecule has 1 rings (SSSR count). The van der Waals surface area contributed by atoms with Crippen LogP contribution >= 0.6 is 15.9 Å². The van der Waals surface area contributed by atoms with Gasteiger partial charge < -0.3 is 4.90 Å². The highest BCUT2D eigenvalue weighted by Gasteiger charge is 2.30. The number of alkyl halides is 1. The molecule has 0 unspecified atom stereocenters. The van der Waals surface area contributed by atoms with E-state index >= 15 is 0 Å². The van der Waals surface area contributed by atoms with Crippen LogP contribution in [-0.4, -0.2) is 28.7 Å². The Bertz CT molecular complexity index is 474. The van der Waals surface area contributed by atoms with Crippen molar-refractivity contribution in [1.29, 1.82) is 0 Å². The van der Waals surface area contributed by atoms with Crippen molar-refractivity contribution in [2.45, 2.75) is 26.3 Å². The molecular weight excluding hydrogens is 304 g/mol. The molecule has 2 nitrogen and oxygen atoms in total. The molecule has 5 heteroatoms. The third kappa shape index (κ3) is 2.71. The standard InChI is InChI=1S/C13H16BrF2NO/c1-8-5-6-9(15)10(11(8)16)12(18)17(4)13(2,3)7-14/h5-6H,7H2,1-4H3. The molecule has 1 aromatic rings. The normalized spacial score (nSPS) is 11.5. The third-order valence-corrected chi connectivity index (χ3v) is 4.41. The number of amides is 1. The lowest BCUT2D eigenvalue weighted by Gasteiger charge is -2.34. The molecule has 1 amide bonds. The van der Waals surface area contributed by atoms with Gasteiger partial charge in [0.05, 0.1) is 0 Å². The van der Waals surface area contributed by atoms with Gasteiger partial charge in [0.2, 0.25) is 0 Å². The number of benzene rings is 1. The summed E-state index contributed by atoms with van der Waals surface area (Å²) in [6.45, 7) is 5.12. The smallest absolute Gasteiger partial charge is 0.260 e. The van der Waals surface area contributed by atoms with E-state index in [0.29, 0.717) is 5.33 Å². The van der Waals surface area contributed by atoms with E-state index < -0.39 is 28.6 Å². The second-order valence-electron chi connectivity index (χ2n) is 4.86. The number of nitrogens with zero attached hydrogens (tertiary/aromatic N) is 1. The molecule has 18 heavy (non-hydrogen) atoms. The maximum atomic E-state index is 13.9. The molecule has 100 valence electrons. The minimum Gasteiger partial charge on any atom is -0.336 e. The first-order chi connectivity index (χ1) is 8.22. The van der Waals surface area contributed by atoms with Crippen molar-refractivity contribution in [2.24, 2.45) is 0 Å². The zero-order chi connectivity index (χ0) is 14.1. The van der Waals surface area contributed by atoms with Crippen LogP contribution in [-0.2, 0) is 0 Å². The summed E-state index contributed by atoms with van der Waals surface area (Å²) >= 11 is 3.28. The van der Waals surface area contributed by atoms with Crippen molar-refractivity contribution in [3.63, 3.8) is 0 Å². The summed E-state index contributed by atoms with van der Waals surface area (Å²) in [6.07, 6.45) is 0. The number of carbonyl (C=O) groups excluding carboxylic acids is 1. The Kier molecular flexibility index (Phi) is 4.48. The summed E-state index contributed by atoms with van der Waals surface area (Å²) in [6, 6.07) is 2.43. The average molecular weight is 320 g/mol. The predicted octanol–water partition coefficient (Wildman–Crippen LogP) is 3.52. The van der Waals surface area contributed by atoms with Crippen LogP contribution in [0.3, 0.4) is 0 Å². The Balaban J connectivity index is 3.24. The number of rotatable bonds is 3. The van der Waals surface area contributed by atoms with Crippen LogP contribution in [0.5, 0.6) is 0 Å². The van der Waals surface area contributed by atoms with Gasteiger partial charge in [0.1, 0.15) is 17.2 Å². The molecule has 0 aliphatic carbocycles. The summed E-state index contributed by atoms with van der Waals surface area (Å²) in [5, 5.41) is 0.511. The number of carbonyl (C=O) groups is 1. The largest absolute Gasteiger partial charge is 0.336 e. The lowest BCUT2D eigenvalue weighted by atomic mass is 10.0. The first-order valence-electron chi connectivity index (χ1n) is 5.51. The third-order valence-electron chi connectivity index (χ3n) is 3.04. The van der Waals surface area contributed by atoms with E-state index in [-0.39, 0.29) is 5.56 Å². The van der Waals surface area contributed by atoms with Crippen molar-refractivity contribution in [2.75, 3.05) is 12.4 Å². The summed E-state index contributed by atoms with van der Waals surface area (Å²) in [4.78, 5) is 13.5. The van der Waals surface area contributed by atoms with Crippen LogP contribution in [0.4, 0.5) is 8.78 Å². The summed E-state index contributed by atoms with van der Waals surface area (Å²) in [5.41, 5.74) is -0.768. The van der Waals surface area contributed by atoms with Crippen molar-refractivity contribution in [3.8, 4) is 0 Å². The Labute approximate surface area is 114 Å². The minimum absolute atomic E-state index is 0.254. The van der Waals surface area contributed by atoms with Crippen LogP contribution < -0.4 is 0 Å². The van der Waals surface area contributed by atoms with Gasteiger partial charge in [-0.05, 0) is 32.4 Å². The van der Waals surface area contributed by atoms with Gasteiger partial charge in [0.25, 0.3) is 5.91 Å². The zero-order valence-electron chi connectivity index (χ0n) is 10.9. The number of aryl methyl sites for hydroxylation is 1. The lowest BCUT2D eigenvalue weighted by Crippen LogP contribution is -2.46. The van der Waals surface area contributed by atoms with E-state index in [1.54, 1.807) is 0 Å². The second-order valence-corrected chi connectivity index (χ2v) is 5.42. The Morgan fingerprint density at radius 2 is 1.94 bits per heavy atom. The highest BCUT2D eigenvalue weighted by atomic mass is 79.9. The van der Waals surface area contributed by atoms with Crippen LogP contribution in [0.2, 0.25) is 0 Å². The van der Waals surface area contributed by atoms with Crippen LogP contribution in [0.25, 0.3) is 0 Å².